The number of benzene rings is 1. The van der Waals surface area contributed by atoms with Crippen molar-refractivity contribution < 1.29 is 23.8 Å². The summed E-state index contributed by atoms with van der Waals surface area (Å²) in [6.45, 7) is 3.43. The van der Waals surface area contributed by atoms with Crippen molar-refractivity contribution in [1.82, 2.24) is 15.4 Å². The van der Waals surface area contributed by atoms with Crippen LogP contribution < -0.4 is 14.9 Å². The topological polar surface area (TPSA) is 112 Å². The van der Waals surface area contributed by atoms with E-state index in [9.17, 15) is 9.59 Å². The molecule has 0 radical (unpaired) electrons. The van der Waals surface area contributed by atoms with Crippen molar-refractivity contribution in [3.05, 3.63) is 40.2 Å². The van der Waals surface area contributed by atoms with Crippen LogP contribution in [0.25, 0.3) is 0 Å². The van der Waals surface area contributed by atoms with Gasteiger partial charge < -0.3 is 14.2 Å². The Kier molecular flexibility index (Phi) is 8.88. The van der Waals surface area contributed by atoms with Crippen LogP contribution in [0.5, 0.6) is 11.5 Å². The number of thioether (sulfide) groups is 1. The number of nitrogens with one attached hydrogen (secondary N) is 1. The molecule has 0 aliphatic carbocycles. The Bertz CT molecular complexity index is 935. The highest BCUT2D eigenvalue weighted by atomic mass is 35.5. The number of halogens is 1. The maximum atomic E-state index is 12.0. The molecule has 1 aromatic heterocycles. The van der Waals surface area contributed by atoms with Crippen LogP contribution in [0.3, 0.4) is 0 Å². The van der Waals surface area contributed by atoms with Crippen LogP contribution in [0.4, 0.5) is 0 Å². The number of aromatic nitrogens is 2. The third-order valence-electron chi connectivity index (χ3n) is 3.51. The normalized spacial score (nSPS) is 10.7. The molecule has 1 amide bonds. The van der Waals surface area contributed by atoms with Gasteiger partial charge in [0.15, 0.2) is 23.3 Å². The van der Waals surface area contributed by atoms with E-state index in [4.69, 9.17) is 21.1 Å². The molecule has 0 aliphatic heterocycles. The van der Waals surface area contributed by atoms with Crippen molar-refractivity contribution in [2.24, 2.45) is 5.10 Å². The molecule has 1 N–H and O–H groups in total. The Balaban J connectivity index is 1.95. The lowest BCUT2D eigenvalue weighted by atomic mass is 10.2. The predicted octanol–water partition coefficient (Wildman–Crippen LogP) is 2.55. The number of carbonyl (C=O) groups excluding carboxylic acids is 2. The van der Waals surface area contributed by atoms with Crippen molar-refractivity contribution in [2.75, 3.05) is 26.6 Å². The molecule has 0 saturated carbocycles. The van der Waals surface area contributed by atoms with Crippen molar-refractivity contribution in [3.8, 4) is 11.5 Å². The Morgan fingerprint density at radius 2 is 1.90 bits per heavy atom. The molecule has 2 rings (SSSR count). The number of nitrogens with zero attached hydrogens (tertiary/aromatic N) is 3. The molecule has 9 nitrogen and oxygen atoms in total. The van der Waals surface area contributed by atoms with Crippen molar-refractivity contribution in [1.29, 1.82) is 0 Å². The minimum Gasteiger partial charge on any atom is -0.493 e. The van der Waals surface area contributed by atoms with Crippen LogP contribution >= 0.6 is 23.4 Å². The minimum absolute atomic E-state index is 0.116. The number of ether oxygens (including phenoxy) is 3. The molecule has 1 aromatic carbocycles. The first kappa shape index (κ1) is 23.4. The predicted molar refractivity (Wildman–Crippen MR) is 113 cm³/mol. The highest BCUT2D eigenvalue weighted by Crippen LogP contribution is 2.36. The maximum Gasteiger partial charge on any atom is 0.343 e. The molecule has 0 spiro atoms. The molecule has 0 fully saturated rings. The maximum absolute atomic E-state index is 12.0. The largest absolute Gasteiger partial charge is 0.493 e. The number of amides is 1. The Labute approximate surface area is 183 Å². The van der Waals surface area contributed by atoms with Gasteiger partial charge in [-0.25, -0.2) is 20.2 Å². The van der Waals surface area contributed by atoms with Crippen molar-refractivity contribution >= 4 is 41.5 Å². The first-order valence-electron chi connectivity index (χ1n) is 8.66. The lowest BCUT2D eigenvalue weighted by Gasteiger charge is -2.12. The highest BCUT2D eigenvalue weighted by molar-refractivity contribution is 7.99. The van der Waals surface area contributed by atoms with Crippen molar-refractivity contribution in [3.63, 3.8) is 0 Å². The summed E-state index contributed by atoms with van der Waals surface area (Å²) in [6.07, 6.45) is 1.41. The van der Waals surface area contributed by atoms with Gasteiger partial charge in [-0.05, 0) is 37.6 Å². The fraction of sp³-hybridized carbons (Fsp3) is 0.316. The molecule has 11 heteroatoms. The Morgan fingerprint density at radius 3 is 2.53 bits per heavy atom. The van der Waals surface area contributed by atoms with E-state index in [1.165, 1.54) is 32.2 Å². The van der Waals surface area contributed by atoms with Gasteiger partial charge in [0, 0.05) is 11.4 Å². The molecule has 2 aromatic rings. The van der Waals surface area contributed by atoms with E-state index in [0.717, 1.165) is 11.4 Å². The summed E-state index contributed by atoms with van der Waals surface area (Å²) in [6, 6.07) is 5.02. The van der Waals surface area contributed by atoms with Crippen LogP contribution in [0.2, 0.25) is 5.02 Å². The molecule has 160 valence electrons. The van der Waals surface area contributed by atoms with Gasteiger partial charge >= 0.3 is 5.97 Å². The first-order chi connectivity index (χ1) is 14.3. The van der Waals surface area contributed by atoms with Crippen molar-refractivity contribution in [2.45, 2.75) is 19.0 Å². The number of esters is 1. The fourth-order valence-corrected chi connectivity index (χ4v) is 3.26. The number of carbonyl (C=O) groups is 2. The molecule has 1 heterocycles. The monoisotopic (exact) mass is 452 g/mol. The average Bonchev–Trinajstić information content (AvgIpc) is 2.70. The van der Waals surface area contributed by atoms with Gasteiger partial charge in [0.2, 0.25) is 0 Å². The average molecular weight is 453 g/mol. The second-order valence-electron chi connectivity index (χ2n) is 5.91. The van der Waals surface area contributed by atoms with Gasteiger partial charge in [-0.3, -0.25) is 4.79 Å². The summed E-state index contributed by atoms with van der Waals surface area (Å²) in [4.78, 5) is 31.8. The van der Waals surface area contributed by atoms with E-state index in [0.29, 0.717) is 16.5 Å². The summed E-state index contributed by atoms with van der Waals surface area (Å²) >= 11 is 7.42. The van der Waals surface area contributed by atoms with Gasteiger partial charge in [-0.2, -0.15) is 5.10 Å². The molecule has 0 saturated heterocycles. The van der Waals surface area contributed by atoms with Gasteiger partial charge in [0.05, 0.1) is 31.2 Å². The summed E-state index contributed by atoms with van der Waals surface area (Å²) < 4.78 is 15.1. The van der Waals surface area contributed by atoms with E-state index in [1.54, 1.807) is 12.1 Å². The van der Waals surface area contributed by atoms with Crippen LogP contribution in [-0.4, -0.2) is 54.6 Å². The van der Waals surface area contributed by atoms with Crippen LogP contribution in [0.15, 0.2) is 28.5 Å². The van der Waals surface area contributed by atoms with Gasteiger partial charge in [0.25, 0.3) is 5.91 Å². The SMILES string of the molecule is COC(=O)COc1c(Cl)cc(/C=N\NC(=O)CSc2nc(C)cc(C)n2)cc1OC. The standard InChI is InChI=1S/C19H21ClN4O5S/c1-11-5-12(2)23-19(22-11)30-10-16(25)24-21-8-13-6-14(20)18(15(7-13)27-3)29-9-17(26)28-4/h5-8H,9-10H2,1-4H3,(H,24,25)/b21-8-. The van der Waals surface area contributed by atoms with E-state index in [1.807, 2.05) is 19.9 Å². The minimum atomic E-state index is -0.550. The lowest BCUT2D eigenvalue weighted by molar-refractivity contribution is -0.142. The van der Waals surface area contributed by atoms with Gasteiger partial charge in [-0.15, -0.1) is 0 Å². The molecule has 0 aliphatic rings. The molecule has 30 heavy (non-hydrogen) atoms. The second-order valence-corrected chi connectivity index (χ2v) is 7.26. The molecule has 0 bridgehead atoms. The number of rotatable bonds is 9. The molecular weight excluding hydrogens is 432 g/mol. The molecular formula is C19H21ClN4O5S. The van der Waals surface area contributed by atoms with E-state index in [-0.39, 0.29) is 29.0 Å². The molecule has 0 atom stereocenters. The van der Waals surface area contributed by atoms with E-state index >= 15 is 0 Å². The summed E-state index contributed by atoms with van der Waals surface area (Å²) in [5.74, 6) is -0.233. The molecule has 0 unspecified atom stereocenters. The number of hydrogen-bond acceptors (Lipinski definition) is 9. The Morgan fingerprint density at radius 1 is 1.20 bits per heavy atom. The quantitative estimate of drug-likeness (QED) is 0.203. The smallest absolute Gasteiger partial charge is 0.343 e. The number of hydrogen-bond donors (Lipinski definition) is 1. The van der Waals surface area contributed by atoms with Crippen LogP contribution in [0.1, 0.15) is 17.0 Å². The van der Waals surface area contributed by atoms with E-state index in [2.05, 4.69) is 25.2 Å². The fourth-order valence-electron chi connectivity index (χ4n) is 2.24. The summed E-state index contributed by atoms with van der Waals surface area (Å²) in [5.41, 5.74) is 4.67. The highest BCUT2D eigenvalue weighted by Gasteiger charge is 2.13. The van der Waals surface area contributed by atoms with Gasteiger partial charge in [-0.1, -0.05) is 23.4 Å². The third-order valence-corrected chi connectivity index (χ3v) is 4.64. The lowest BCUT2D eigenvalue weighted by Crippen LogP contribution is -2.19. The zero-order valence-corrected chi connectivity index (χ0v) is 18.5. The zero-order chi connectivity index (χ0) is 22.1. The summed E-state index contributed by atoms with van der Waals surface area (Å²) in [5, 5.41) is 4.66. The Hall–Kier alpha value is -2.85. The first-order valence-corrected chi connectivity index (χ1v) is 10.0. The second kappa shape index (κ2) is 11.4. The van der Waals surface area contributed by atoms with E-state index < -0.39 is 5.97 Å². The zero-order valence-electron chi connectivity index (χ0n) is 16.9. The number of methoxy groups -OCH3 is 2. The van der Waals surface area contributed by atoms with Crippen LogP contribution in [-0.2, 0) is 14.3 Å². The number of aryl methyl sites for hydroxylation is 2. The van der Waals surface area contributed by atoms with Gasteiger partial charge in [0.1, 0.15) is 0 Å². The third kappa shape index (κ3) is 7.20. The number of hydrazone groups is 1. The summed E-state index contributed by atoms with van der Waals surface area (Å²) in [7, 11) is 2.69. The van der Waals surface area contributed by atoms with Crippen LogP contribution in [0, 0.1) is 13.8 Å².